The van der Waals surface area contributed by atoms with Gasteiger partial charge in [0.15, 0.2) is 5.16 Å². The maximum Gasteiger partial charge on any atom is 0.387 e. The van der Waals surface area contributed by atoms with Gasteiger partial charge in [-0.15, -0.1) is 0 Å². The van der Waals surface area contributed by atoms with E-state index in [2.05, 4.69) is 20.0 Å². The van der Waals surface area contributed by atoms with E-state index >= 15 is 0 Å². The van der Waals surface area contributed by atoms with E-state index in [4.69, 9.17) is 4.74 Å². The smallest absolute Gasteiger partial charge is 0.387 e. The molecule has 3 rings (SSSR count). The maximum atomic E-state index is 12.3. The van der Waals surface area contributed by atoms with Gasteiger partial charge in [0.1, 0.15) is 17.2 Å². The van der Waals surface area contributed by atoms with Gasteiger partial charge >= 0.3 is 6.61 Å². The number of hydrogen-bond donors (Lipinski definition) is 1. The normalized spacial score (nSPS) is 10.6. The van der Waals surface area contributed by atoms with Gasteiger partial charge < -0.3 is 14.8 Å². The highest BCUT2D eigenvalue weighted by Crippen LogP contribution is 2.29. The first-order chi connectivity index (χ1) is 15.4. The van der Waals surface area contributed by atoms with E-state index in [1.54, 1.807) is 18.2 Å². The number of nitro benzene ring substituents is 1. The Balaban J connectivity index is 1.64. The zero-order valence-electron chi connectivity index (χ0n) is 16.5. The molecule has 0 aliphatic rings. The summed E-state index contributed by atoms with van der Waals surface area (Å²) >= 11 is 1.04. The molecular formula is C20H16F2N4O5S. The average Bonchev–Trinajstić information content (AvgIpc) is 2.78. The van der Waals surface area contributed by atoms with Crippen molar-refractivity contribution in [2.75, 3.05) is 18.2 Å². The number of nitrogens with zero attached hydrogens (tertiary/aromatic N) is 3. The lowest BCUT2D eigenvalue weighted by atomic mass is 10.1. The third-order valence-corrected chi connectivity index (χ3v) is 4.88. The van der Waals surface area contributed by atoms with Crippen LogP contribution in [-0.2, 0) is 4.79 Å². The first-order valence-corrected chi connectivity index (χ1v) is 9.97. The van der Waals surface area contributed by atoms with Crippen LogP contribution in [0.15, 0.2) is 59.9 Å². The van der Waals surface area contributed by atoms with Crippen molar-refractivity contribution >= 4 is 29.0 Å². The lowest BCUT2D eigenvalue weighted by Crippen LogP contribution is -2.15. The number of carbonyl (C=O) groups is 1. The van der Waals surface area contributed by atoms with E-state index in [0.717, 1.165) is 11.8 Å². The van der Waals surface area contributed by atoms with Gasteiger partial charge in [0, 0.05) is 11.8 Å². The van der Waals surface area contributed by atoms with Gasteiger partial charge in [-0.25, -0.2) is 9.97 Å². The standard InChI is InChI=1S/C20H16F2N4O5S/c1-30-14-6-7-16(17(10-14)26(28)29)24-18(27)11-32-20-23-9-8-15(25-20)12-2-4-13(5-3-12)31-19(21)22/h2-10,19H,11H2,1H3,(H,24,27). The highest BCUT2D eigenvalue weighted by molar-refractivity contribution is 7.99. The van der Waals surface area contributed by atoms with Crippen LogP contribution < -0.4 is 14.8 Å². The number of halogens is 2. The van der Waals surface area contributed by atoms with Crippen molar-refractivity contribution in [3.8, 4) is 22.8 Å². The van der Waals surface area contributed by atoms with Crippen molar-refractivity contribution in [2.24, 2.45) is 0 Å². The summed E-state index contributed by atoms with van der Waals surface area (Å²) in [6, 6.07) is 11.7. The second kappa shape index (κ2) is 10.5. The molecule has 0 fully saturated rings. The molecule has 32 heavy (non-hydrogen) atoms. The SMILES string of the molecule is COc1ccc(NC(=O)CSc2nccc(-c3ccc(OC(F)F)cc3)n2)c([N+](=O)[O-])c1. The second-order valence-electron chi connectivity index (χ2n) is 6.10. The molecule has 166 valence electrons. The molecule has 1 N–H and O–H groups in total. The van der Waals surface area contributed by atoms with Crippen LogP contribution in [0.25, 0.3) is 11.3 Å². The van der Waals surface area contributed by atoms with Crippen LogP contribution in [0.5, 0.6) is 11.5 Å². The van der Waals surface area contributed by atoms with E-state index in [0.29, 0.717) is 22.2 Å². The van der Waals surface area contributed by atoms with Crippen LogP contribution in [0.2, 0.25) is 0 Å². The Labute approximate surface area is 184 Å². The number of aromatic nitrogens is 2. The Morgan fingerprint density at radius 2 is 1.91 bits per heavy atom. The molecule has 9 nitrogen and oxygen atoms in total. The Kier molecular flexibility index (Phi) is 7.49. The van der Waals surface area contributed by atoms with Crippen LogP contribution in [0.4, 0.5) is 20.2 Å². The molecule has 0 aliphatic heterocycles. The van der Waals surface area contributed by atoms with Gasteiger partial charge in [0.25, 0.3) is 5.69 Å². The third-order valence-electron chi connectivity index (χ3n) is 4.02. The first-order valence-electron chi connectivity index (χ1n) is 8.99. The molecule has 1 heterocycles. The van der Waals surface area contributed by atoms with Gasteiger partial charge in [-0.05, 0) is 42.5 Å². The number of carbonyl (C=O) groups excluding carboxylic acids is 1. The summed E-state index contributed by atoms with van der Waals surface area (Å²) in [7, 11) is 1.38. The number of nitro groups is 1. The fourth-order valence-corrected chi connectivity index (χ4v) is 3.22. The number of anilines is 1. The quantitative estimate of drug-likeness (QED) is 0.215. The molecule has 0 aliphatic carbocycles. The first kappa shape index (κ1) is 22.9. The molecule has 2 aromatic carbocycles. The maximum absolute atomic E-state index is 12.3. The van der Waals surface area contributed by atoms with E-state index in [-0.39, 0.29) is 22.9 Å². The number of hydrogen-bond acceptors (Lipinski definition) is 8. The zero-order valence-corrected chi connectivity index (χ0v) is 17.3. The van der Waals surface area contributed by atoms with Gasteiger partial charge in [0.2, 0.25) is 5.91 Å². The van der Waals surface area contributed by atoms with E-state index in [1.807, 2.05) is 0 Å². The van der Waals surface area contributed by atoms with Gasteiger partial charge in [-0.1, -0.05) is 11.8 Å². The van der Waals surface area contributed by atoms with Crippen molar-refractivity contribution in [1.82, 2.24) is 9.97 Å². The monoisotopic (exact) mass is 462 g/mol. The molecule has 3 aromatic rings. The number of amides is 1. The molecular weight excluding hydrogens is 446 g/mol. The molecule has 0 saturated carbocycles. The van der Waals surface area contributed by atoms with E-state index in [1.165, 1.54) is 43.6 Å². The largest absolute Gasteiger partial charge is 0.496 e. The molecule has 12 heteroatoms. The topological polar surface area (TPSA) is 116 Å². The zero-order chi connectivity index (χ0) is 23.1. The fourth-order valence-electron chi connectivity index (χ4n) is 2.59. The molecule has 0 bridgehead atoms. The van der Waals surface area contributed by atoms with Crippen LogP contribution in [0.3, 0.4) is 0 Å². The Bertz CT molecular complexity index is 1120. The summed E-state index contributed by atoms with van der Waals surface area (Å²) in [5.74, 6) is -0.251. The molecule has 0 spiro atoms. The Morgan fingerprint density at radius 1 is 1.19 bits per heavy atom. The van der Waals surface area contributed by atoms with Crippen LogP contribution in [0, 0.1) is 10.1 Å². The van der Waals surface area contributed by atoms with Crippen molar-refractivity contribution in [3.63, 3.8) is 0 Å². The van der Waals surface area contributed by atoms with Crippen molar-refractivity contribution in [1.29, 1.82) is 0 Å². The van der Waals surface area contributed by atoms with Crippen LogP contribution >= 0.6 is 11.8 Å². The summed E-state index contributed by atoms with van der Waals surface area (Å²) < 4.78 is 33.8. The minimum absolute atomic E-state index is 0.0247. The molecule has 0 unspecified atom stereocenters. The van der Waals surface area contributed by atoms with Crippen molar-refractivity contribution in [3.05, 3.63) is 64.8 Å². The average molecular weight is 462 g/mol. The highest BCUT2D eigenvalue weighted by Gasteiger charge is 2.17. The van der Waals surface area contributed by atoms with Crippen LogP contribution in [0.1, 0.15) is 0 Å². The number of nitrogens with one attached hydrogen (secondary N) is 1. The number of methoxy groups -OCH3 is 1. The number of thioether (sulfide) groups is 1. The highest BCUT2D eigenvalue weighted by atomic mass is 32.2. The molecule has 0 radical (unpaired) electrons. The molecule has 1 aromatic heterocycles. The summed E-state index contributed by atoms with van der Waals surface area (Å²) in [4.78, 5) is 31.3. The van der Waals surface area contributed by atoms with Gasteiger partial charge in [-0.3, -0.25) is 14.9 Å². The number of benzene rings is 2. The summed E-state index contributed by atoms with van der Waals surface area (Å²) in [5.41, 5.74) is 0.925. The molecule has 0 atom stereocenters. The van der Waals surface area contributed by atoms with Crippen molar-refractivity contribution < 1.29 is 28.0 Å². The second-order valence-corrected chi connectivity index (χ2v) is 7.05. The molecule has 0 saturated heterocycles. The summed E-state index contributed by atoms with van der Waals surface area (Å²) in [6.07, 6.45) is 1.50. The lowest BCUT2D eigenvalue weighted by molar-refractivity contribution is -0.384. The predicted molar refractivity (Wildman–Crippen MR) is 113 cm³/mol. The van der Waals surface area contributed by atoms with Crippen molar-refractivity contribution in [2.45, 2.75) is 11.8 Å². The Hall–Kier alpha value is -3.80. The lowest BCUT2D eigenvalue weighted by Gasteiger charge is -2.08. The van der Waals surface area contributed by atoms with Crippen LogP contribution in [-0.4, -0.2) is 40.3 Å². The summed E-state index contributed by atoms with van der Waals surface area (Å²) in [5, 5.41) is 14.0. The predicted octanol–water partition coefficient (Wildman–Crippen LogP) is 4.39. The van der Waals surface area contributed by atoms with E-state index < -0.39 is 17.4 Å². The van der Waals surface area contributed by atoms with Gasteiger partial charge in [0.05, 0.1) is 29.5 Å². The number of ether oxygens (including phenoxy) is 2. The number of rotatable bonds is 9. The van der Waals surface area contributed by atoms with E-state index in [9.17, 15) is 23.7 Å². The minimum Gasteiger partial charge on any atom is -0.496 e. The fraction of sp³-hybridized carbons (Fsp3) is 0.150. The van der Waals surface area contributed by atoms with Gasteiger partial charge in [-0.2, -0.15) is 8.78 Å². The Morgan fingerprint density at radius 3 is 2.56 bits per heavy atom. The minimum atomic E-state index is -2.91. The number of alkyl halides is 2. The summed E-state index contributed by atoms with van der Waals surface area (Å²) in [6.45, 7) is -2.91. The molecule has 1 amide bonds. The third kappa shape index (κ3) is 6.11.